The SMILES string of the molecule is CCOC(=O)c1cc(OC(C)=O)c2c(c1)oc1c(C)ccc(C(C)C)c12. The van der Waals surface area contributed by atoms with Gasteiger partial charge >= 0.3 is 11.9 Å². The molecule has 5 heteroatoms. The standard InChI is InChI=1S/C21H22O5/c1-6-24-21(23)14-9-16(25-13(5)22)19-17(10-14)26-20-12(4)7-8-15(11(2)3)18(19)20/h7-11H,6H2,1-5H3. The Morgan fingerprint density at radius 3 is 2.50 bits per heavy atom. The molecule has 1 heterocycles. The summed E-state index contributed by atoms with van der Waals surface area (Å²) in [6, 6.07) is 7.26. The maximum absolute atomic E-state index is 12.2. The second-order valence-corrected chi connectivity index (χ2v) is 6.59. The Kier molecular flexibility index (Phi) is 4.72. The first-order valence-corrected chi connectivity index (χ1v) is 8.68. The maximum atomic E-state index is 12.2. The molecule has 0 N–H and O–H groups in total. The summed E-state index contributed by atoms with van der Waals surface area (Å²) in [7, 11) is 0. The molecule has 0 aliphatic rings. The molecule has 3 rings (SSSR count). The zero-order chi connectivity index (χ0) is 19.0. The number of fused-ring (bicyclic) bond motifs is 3. The number of benzene rings is 2. The van der Waals surface area contributed by atoms with Crippen LogP contribution in [0.3, 0.4) is 0 Å². The highest BCUT2D eigenvalue weighted by atomic mass is 16.5. The first kappa shape index (κ1) is 18.0. The fourth-order valence-electron chi connectivity index (χ4n) is 3.17. The summed E-state index contributed by atoms with van der Waals surface area (Å²) in [6.07, 6.45) is 0. The summed E-state index contributed by atoms with van der Waals surface area (Å²) in [4.78, 5) is 23.8. The number of rotatable bonds is 4. The zero-order valence-electron chi connectivity index (χ0n) is 15.6. The number of aryl methyl sites for hydroxylation is 1. The second-order valence-electron chi connectivity index (χ2n) is 6.59. The third-order valence-electron chi connectivity index (χ3n) is 4.30. The van der Waals surface area contributed by atoms with Gasteiger partial charge in [-0.05, 0) is 43.0 Å². The molecule has 0 amide bonds. The van der Waals surface area contributed by atoms with Crippen molar-refractivity contribution < 1.29 is 23.5 Å². The average Bonchev–Trinajstić information content (AvgIpc) is 2.95. The van der Waals surface area contributed by atoms with Gasteiger partial charge < -0.3 is 13.9 Å². The van der Waals surface area contributed by atoms with Gasteiger partial charge in [-0.25, -0.2) is 4.79 Å². The Hall–Kier alpha value is -2.82. The number of hydrogen-bond donors (Lipinski definition) is 0. The molecule has 26 heavy (non-hydrogen) atoms. The van der Waals surface area contributed by atoms with Crippen molar-refractivity contribution in [2.75, 3.05) is 6.61 Å². The van der Waals surface area contributed by atoms with E-state index in [4.69, 9.17) is 13.9 Å². The van der Waals surface area contributed by atoms with Crippen molar-refractivity contribution in [3.8, 4) is 5.75 Å². The van der Waals surface area contributed by atoms with E-state index in [-0.39, 0.29) is 12.5 Å². The van der Waals surface area contributed by atoms with Crippen LogP contribution in [0.4, 0.5) is 0 Å². The van der Waals surface area contributed by atoms with E-state index >= 15 is 0 Å². The van der Waals surface area contributed by atoms with Crippen molar-refractivity contribution in [3.05, 3.63) is 41.0 Å². The maximum Gasteiger partial charge on any atom is 0.338 e. The van der Waals surface area contributed by atoms with Crippen molar-refractivity contribution in [3.63, 3.8) is 0 Å². The van der Waals surface area contributed by atoms with Gasteiger partial charge in [-0.1, -0.05) is 26.0 Å². The Labute approximate surface area is 151 Å². The van der Waals surface area contributed by atoms with Crippen LogP contribution in [0.15, 0.2) is 28.7 Å². The van der Waals surface area contributed by atoms with E-state index in [1.165, 1.54) is 6.92 Å². The average molecular weight is 354 g/mol. The molecule has 0 saturated carbocycles. The summed E-state index contributed by atoms with van der Waals surface area (Å²) in [5.41, 5.74) is 3.60. The van der Waals surface area contributed by atoms with Crippen LogP contribution >= 0.6 is 0 Å². The number of carbonyl (C=O) groups excluding carboxylic acids is 2. The smallest absolute Gasteiger partial charge is 0.338 e. The van der Waals surface area contributed by atoms with Crippen LogP contribution in [-0.2, 0) is 9.53 Å². The third kappa shape index (κ3) is 3.05. The minimum atomic E-state index is -0.482. The first-order valence-electron chi connectivity index (χ1n) is 8.68. The van der Waals surface area contributed by atoms with Gasteiger partial charge in [-0.2, -0.15) is 0 Å². The quantitative estimate of drug-likeness (QED) is 0.480. The van der Waals surface area contributed by atoms with Gasteiger partial charge in [0, 0.05) is 12.3 Å². The van der Waals surface area contributed by atoms with Gasteiger partial charge in [0.2, 0.25) is 0 Å². The van der Waals surface area contributed by atoms with E-state index in [1.54, 1.807) is 19.1 Å². The highest BCUT2D eigenvalue weighted by molar-refractivity contribution is 6.13. The van der Waals surface area contributed by atoms with E-state index in [2.05, 4.69) is 19.9 Å². The molecule has 3 aromatic rings. The monoisotopic (exact) mass is 354 g/mol. The minimum absolute atomic E-state index is 0.258. The third-order valence-corrected chi connectivity index (χ3v) is 4.30. The van der Waals surface area contributed by atoms with E-state index in [0.29, 0.717) is 22.3 Å². The fourth-order valence-corrected chi connectivity index (χ4v) is 3.17. The van der Waals surface area contributed by atoms with Crippen molar-refractivity contribution in [2.24, 2.45) is 0 Å². The lowest BCUT2D eigenvalue weighted by molar-refractivity contribution is -0.131. The van der Waals surface area contributed by atoms with Gasteiger partial charge in [-0.3, -0.25) is 4.79 Å². The molecule has 2 aromatic carbocycles. The van der Waals surface area contributed by atoms with Crippen LogP contribution in [0.1, 0.15) is 55.1 Å². The summed E-state index contributed by atoms with van der Waals surface area (Å²) in [5.74, 6) is -0.373. The summed E-state index contributed by atoms with van der Waals surface area (Å²) in [5, 5.41) is 1.62. The Morgan fingerprint density at radius 2 is 1.88 bits per heavy atom. The molecule has 0 aliphatic carbocycles. The molecule has 136 valence electrons. The Bertz CT molecular complexity index is 1010. The lowest BCUT2D eigenvalue weighted by Crippen LogP contribution is -2.07. The molecule has 5 nitrogen and oxygen atoms in total. The minimum Gasteiger partial charge on any atom is -0.462 e. The number of carbonyl (C=O) groups is 2. The zero-order valence-corrected chi connectivity index (χ0v) is 15.6. The fraction of sp³-hybridized carbons (Fsp3) is 0.333. The highest BCUT2D eigenvalue weighted by Crippen LogP contribution is 2.41. The van der Waals surface area contributed by atoms with Gasteiger partial charge in [0.05, 0.1) is 17.6 Å². The summed E-state index contributed by atoms with van der Waals surface area (Å²) < 4.78 is 16.6. The summed E-state index contributed by atoms with van der Waals surface area (Å²) >= 11 is 0. The topological polar surface area (TPSA) is 65.7 Å². The predicted molar refractivity (Wildman–Crippen MR) is 99.8 cm³/mol. The van der Waals surface area contributed by atoms with Gasteiger partial charge in [0.1, 0.15) is 16.9 Å². The van der Waals surface area contributed by atoms with Crippen molar-refractivity contribution in [1.29, 1.82) is 0 Å². The van der Waals surface area contributed by atoms with Crippen LogP contribution in [0.25, 0.3) is 21.9 Å². The van der Waals surface area contributed by atoms with Gasteiger partial charge in [0.25, 0.3) is 0 Å². The molecule has 0 bridgehead atoms. The number of esters is 2. The molecule has 0 spiro atoms. The van der Waals surface area contributed by atoms with Crippen molar-refractivity contribution >= 4 is 33.9 Å². The lowest BCUT2D eigenvalue weighted by atomic mass is 9.95. The highest BCUT2D eigenvalue weighted by Gasteiger charge is 2.22. The molecule has 0 radical (unpaired) electrons. The van der Waals surface area contributed by atoms with Crippen LogP contribution < -0.4 is 4.74 Å². The largest absolute Gasteiger partial charge is 0.462 e. The molecular formula is C21H22O5. The summed E-state index contributed by atoms with van der Waals surface area (Å²) in [6.45, 7) is 9.49. The second kappa shape index (κ2) is 6.83. The van der Waals surface area contributed by atoms with E-state index in [9.17, 15) is 9.59 Å². The van der Waals surface area contributed by atoms with E-state index < -0.39 is 11.9 Å². The van der Waals surface area contributed by atoms with Crippen LogP contribution in [0.2, 0.25) is 0 Å². The van der Waals surface area contributed by atoms with Crippen LogP contribution in [-0.4, -0.2) is 18.5 Å². The van der Waals surface area contributed by atoms with E-state index in [1.807, 2.05) is 13.0 Å². The van der Waals surface area contributed by atoms with Gasteiger partial charge in [0.15, 0.2) is 0 Å². The van der Waals surface area contributed by atoms with Crippen LogP contribution in [0, 0.1) is 6.92 Å². The normalized spacial score (nSPS) is 11.3. The van der Waals surface area contributed by atoms with E-state index in [0.717, 1.165) is 22.1 Å². The Morgan fingerprint density at radius 1 is 1.15 bits per heavy atom. The molecule has 0 atom stereocenters. The molecule has 0 saturated heterocycles. The Balaban J connectivity index is 2.41. The van der Waals surface area contributed by atoms with Crippen molar-refractivity contribution in [1.82, 2.24) is 0 Å². The molecular weight excluding hydrogens is 332 g/mol. The molecule has 0 unspecified atom stereocenters. The van der Waals surface area contributed by atoms with Crippen LogP contribution in [0.5, 0.6) is 5.75 Å². The van der Waals surface area contributed by atoms with Gasteiger partial charge in [-0.15, -0.1) is 0 Å². The molecule has 0 aliphatic heterocycles. The number of hydrogen-bond acceptors (Lipinski definition) is 5. The lowest BCUT2D eigenvalue weighted by Gasteiger charge is -2.10. The van der Waals surface area contributed by atoms with Crippen molar-refractivity contribution in [2.45, 2.75) is 40.5 Å². The predicted octanol–water partition coefficient (Wildman–Crippen LogP) is 5.12. The first-order chi connectivity index (χ1) is 12.3. The number of ether oxygens (including phenoxy) is 2. The molecule has 1 aromatic heterocycles. The molecule has 0 fully saturated rings. The number of furan rings is 1.